The standard InChI is InChI=1S/C21H38N4O5S/c1-2-30-21(27)23-13-15-24(16-14-23)31(28,29)25-12-8-9-18(17-25)20(26)22-19-10-6-4-3-5-7-11-19/h18-19H,2-17H2,1H3,(H,22,26)/t18-/m1/s1. The van der Waals surface area contributed by atoms with Gasteiger partial charge in [-0.25, -0.2) is 4.79 Å². The van der Waals surface area contributed by atoms with Crippen molar-refractivity contribution in [2.45, 2.75) is 70.8 Å². The average Bonchev–Trinajstić information content (AvgIpc) is 2.76. The summed E-state index contributed by atoms with van der Waals surface area (Å²) in [6.45, 7) is 3.85. The number of ether oxygens (including phenoxy) is 1. The highest BCUT2D eigenvalue weighted by atomic mass is 32.2. The largest absolute Gasteiger partial charge is 0.450 e. The predicted octanol–water partition coefficient (Wildman–Crippen LogP) is 1.95. The van der Waals surface area contributed by atoms with Gasteiger partial charge in [-0.1, -0.05) is 32.1 Å². The highest BCUT2D eigenvalue weighted by Gasteiger charge is 2.38. The van der Waals surface area contributed by atoms with Gasteiger partial charge in [0.25, 0.3) is 10.2 Å². The van der Waals surface area contributed by atoms with Crippen LogP contribution in [0.5, 0.6) is 0 Å². The summed E-state index contributed by atoms with van der Waals surface area (Å²) in [7, 11) is -3.65. The number of carbonyl (C=O) groups excluding carboxylic acids is 2. The van der Waals surface area contributed by atoms with Crippen molar-refractivity contribution in [1.82, 2.24) is 18.8 Å². The molecule has 3 aliphatic rings. The molecule has 3 fully saturated rings. The lowest BCUT2D eigenvalue weighted by Crippen LogP contribution is -2.56. The van der Waals surface area contributed by atoms with E-state index in [1.807, 2.05) is 0 Å². The molecule has 0 spiro atoms. The Morgan fingerprint density at radius 1 is 0.871 bits per heavy atom. The zero-order valence-electron chi connectivity index (χ0n) is 18.8. The van der Waals surface area contributed by atoms with Gasteiger partial charge in [0.1, 0.15) is 0 Å². The molecule has 2 heterocycles. The number of hydrogen-bond acceptors (Lipinski definition) is 5. The molecular weight excluding hydrogens is 420 g/mol. The number of piperidine rings is 1. The van der Waals surface area contributed by atoms with Gasteiger partial charge in [-0.2, -0.15) is 17.0 Å². The van der Waals surface area contributed by atoms with Crippen LogP contribution in [0.25, 0.3) is 0 Å². The predicted molar refractivity (Wildman–Crippen MR) is 118 cm³/mol. The third-order valence-corrected chi connectivity index (χ3v) is 8.63. The van der Waals surface area contributed by atoms with Gasteiger partial charge >= 0.3 is 6.09 Å². The van der Waals surface area contributed by atoms with E-state index in [2.05, 4.69) is 5.32 Å². The van der Waals surface area contributed by atoms with Crippen LogP contribution in [0.1, 0.15) is 64.7 Å². The van der Waals surface area contributed by atoms with Crippen molar-refractivity contribution < 1.29 is 22.7 Å². The second-order valence-electron chi connectivity index (χ2n) is 8.84. The molecule has 2 saturated heterocycles. The maximum Gasteiger partial charge on any atom is 0.409 e. The molecule has 2 aliphatic heterocycles. The number of amides is 2. The van der Waals surface area contributed by atoms with Gasteiger partial charge in [0, 0.05) is 45.3 Å². The number of rotatable bonds is 5. The first-order valence-electron chi connectivity index (χ1n) is 11.9. The number of nitrogens with zero attached hydrogens (tertiary/aromatic N) is 3. The molecule has 0 aromatic rings. The zero-order chi connectivity index (χ0) is 22.3. The van der Waals surface area contributed by atoms with Crippen LogP contribution in [0, 0.1) is 5.92 Å². The van der Waals surface area contributed by atoms with E-state index in [1.165, 1.54) is 32.8 Å². The van der Waals surface area contributed by atoms with Crippen LogP contribution in [-0.4, -0.2) is 85.8 Å². The summed E-state index contributed by atoms with van der Waals surface area (Å²) >= 11 is 0. The molecule has 10 heteroatoms. The Balaban J connectivity index is 1.53. The van der Waals surface area contributed by atoms with Gasteiger partial charge in [-0.15, -0.1) is 0 Å². The van der Waals surface area contributed by atoms with Crippen LogP contribution >= 0.6 is 0 Å². The Kier molecular flexibility index (Phi) is 8.97. The van der Waals surface area contributed by atoms with Crippen LogP contribution in [-0.2, 0) is 19.7 Å². The van der Waals surface area contributed by atoms with Gasteiger partial charge in [-0.05, 0) is 32.6 Å². The molecule has 1 aliphatic carbocycles. The average molecular weight is 459 g/mol. The van der Waals surface area contributed by atoms with Crippen molar-refractivity contribution >= 4 is 22.2 Å². The second-order valence-corrected chi connectivity index (χ2v) is 10.8. The monoisotopic (exact) mass is 458 g/mol. The normalized spacial score (nSPS) is 25.5. The molecule has 0 aromatic carbocycles. The summed E-state index contributed by atoms with van der Waals surface area (Å²) in [5, 5.41) is 3.21. The molecule has 0 aromatic heterocycles. The van der Waals surface area contributed by atoms with Crippen molar-refractivity contribution in [3.63, 3.8) is 0 Å². The van der Waals surface area contributed by atoms with Crippen LogP contribution in [0.3, 0.4) is 0 Å². The maximum atomic E-state index is 13.2. The third-order valence-electron chi connectivity index (χ3n) is 6.62. The minimum absolute atomic E-state index is 0.00222. The fraction of sp³-hybridized carbons (Fsp3) is 0.905. The molecule has 1 saturated carbocycles. The molecule has 1 N–H and O–H groups in total. The van der Waals surface area contributed by atoms with Crippen molar-refractivity contribution in [2.75, 3.05) is 45.9 Å². The molecule has 3 rings (SSSR count). The number of nitrogens with one attached hydrogen (secondary N) is 1. The van der Waals surface area contributed by atoms with E-state index < -0.39 is 16.3 Å². The van der Waals surface area contributed by atoms with Gasteiger partial charge < -0.3 is 15.0 Å². The minimum atomic E-state index is -3.65. The topological polar surface area (TPSA) is 99.3 Å². The highest BCUT2D eigenvalue weighted by molar-refractivity contribution is 7.86. The van der Waals surface area contributed by atoms with Crippen molar-refractivity contribution in [1.29, 1.82) is 0 Å². The number of hydrogen-bond donors (Lipinski definition) is 1. The first-order valence-corrected chi connectivity index (χ1v) is 13.3. The van der Waals surface area contributed by atoms with Crippen LogP contribution in [0.4, 0.5) is 4.79 Å². The molecule has 1 atom stereocenters. The molecular formula is C21H38N4O5S. The van der Waals surface area contributed by atoms with Gasteiger partial charge in [0.05, 0.1) is 12.5 Å². The fourth-order valence-electron chi connectivity index (χ4n) is 4.76. The summed E-state index contributed by atoms with van der Waals surface area (Å²) < 4.78 is 34.2. The highest BCUT2D eigenvalue weighted by Crippen LogP contribution is 2.24. The molecule has 0 radical (unpaired) electrons. The van der Waals surface area contributed by atoms with E-state index >= 15 is 0 Å². The molecule has 0 unspecified atom stereocenters. The molecule has 31 heavy (non-hydrogen) atoms. The van der Waals surface area contributed by atoms with E-state index in [9.17, 15) is 18.0 Å². The molecule has 0 bridgehead atoms. The lowest BCUT2D eigenvalue weighted by Gasteiger charge is -2.38. The lowest BCUT2D eigenvalue weighted by molar-refractivity contribution is -0.127. The Labute approximate surface area is 186 Å². The summed E-state index contributed by atoms with van der Waals surface area (Å²) in [6.07, 6.45) is 9.08. The number of carbonyl (C=O) groups is 2. The van der Waals surface area contributed by atoms with Crippen molar-refractivity contribution in [3.05, 3.63) is 0 Å². The molecule has 178 valence electrons. The zero-order valence-corrected chi connectivity index (χ0v) is 19.6. The summed E-state index contributed by atoms with van der Waals surface area (Å²) in [5.41, 5.74) is 0. The fourth-order valence-corrected chi connectivity index (χ4v) is 6.44. The Morgan fingerprint density at radius 3 is 2.16 bits per heavy atom. The van der Waals surface area contributed by atoms with Crippen molar-refractivity contribution in [2.24, 2.45) is 5.92 Å². The molecule has 9 nitrogen and oxygen atoms in total. The molecule has 2 amide bonds. The van der Waals surface area contributed by atoms with E-state index in [-0.39, 0.29) is 37.5 Å². The smallest absolute Gasteiger partial charge is 0.409 e. The minimum Gasteiger partial charge on any atom is -0.450 e. The summed E-state index contributed by atoms with van der Waals surface area (Å²) in [4.78, 5) is 26.3. The maximum absolute atomic E-state index is 13.2. The van der Waals surface area contributed by atoms with Gasteiger partial charge in [-0.3, -0.25) is 4.79 Å². The van der Waals surface area contributed by atoms with Crippen LogP contribution in [0.15, 0.2) is 0 Å². The quantitative estimate of drug-likeness (QED) is 0.679. The van der Waals surface area contributed by atoms with Crippen molar-refractivity contribution in [3.8, 4) is 0 Å². The van der Waals surface area contributed by atoms with E-state index in [0.29, 0.717) is 32.7 Å². The third kappa shape index (κ3) is 6.55. The Hall–Kier alpha value is -1.39. The van der Waals surface area contributed by atoms with Crippen LogP contribution in [0.2, 0.25) is 0 Å². The van der Waals surface area contributed by atoms with E-state index in [0.717, 1.165) is 32.1 Å². The number of piperazine rings is 1. The van der Waals surface area contributed by atoms with Crippen LogP contribution < -0.4 is 5.32 Å². The Bertz CT molecular complexity index is 701. The summed E-state index contributed by atoms with van der Waals surface area (Å²) in [6, 6.07) is 0.218. The van der Waals surface area contributed by atoms with E-state index in [4.69, 9.17) is 4.74 Å². The van der Waals surface area contributed by atoms with Gasteiger partial charge in [0.2, 0.25) is 5.91 Å². The second kappa shape index (κ2) is 11.5. The first kappa shape index (κ1) is 24.3. The summed E-state index contributed by atoms with van der Waals surface area (Å²) in [5.74, 6) is -0.299. The SMILES string of the molecule is CCOC(=O)N1CCN(S(=O)(=O)N2CCC[C@@H](C(=O)NC3CCCCCCC3)C2)CC1. The first-order chi connectivity index (χ1) is 14.9. The van der Waals surface area contributed by atoms with Gasteiger partial charge in [0.15, 0.2) is 0 Å². The van der Waals surface area contributed by atoms with E-state index in [1.54, 1.807) is 6.92 Å². The Morgan fingerprint density at radius 2 is 1.52 bits per heavy atom. The lowest BCUT2D eigenvalue weighted by atomic mass is 9.94.